The minimum atomic E-state index is -0.445. The van der Waals surface area contributed by atoms with Gasteiger partial charge in [0, 0.05) is 30.5 Å². The minimum Gasteiger partial charge on any atom is -0.492 e. The highest BCUT2D eigenvalue weighted by Crippen LogP contribution is 2.17. The van der Waals surface area contributed by atoms with Gasteiger partial charge in [0.05, 0.1) is 6.54 Å². The first-order chi connectivity index (χ1) is 10.7. The summed E-state index contributed by atoms with van der Waals surface area (Å²) in [5, 5.41) is 3.38. The second-order valence-electron chi connectivity index (χ2n) is 6.38. The second-order valence-corrected chi connectivity index (χ2v) is 6.81. The molecular formula is C17H25ClN2O3. The van der Waals surface area contributed by atoms with E-state index >= 15 is 0 Å². The van der Waals surface area contributed by atoms with Gasteiger partial charge in [0.1, 0.15) is 12.4 Å². The predicted molar refractivity (Wildman–Crippen MR) is 91.7 cm³/mol. The predicted octanol–water partition coefficient (Wildman–Crippen LogP) is 2.73. The van der Waals surface area contributed by atoms with Crippen LogP contribution in [-0.4, -0.2) is 43.5 Å². The van der Waals surface area contributed by atoms with Gasteiger partial charge in [-0.2, -0.15) is 0 Å². The number of nitrogens with zero attached hydrogens (tertiary/aromatic N) is 1. The molecule has 0 heterocycles. The molecular weight excluding hydrogens is 316 g/mol. The van der Waals surface area contributed by atoms with E-state index in [1.54, 1.807) is 24.1 Å². The molecule has 1 N–H and O–H groups in total. The van der Waals surface area contributed by atoms with E-state index in [4.69, 9.17) is 16.3 Å². The van der Waals surface area contributed by atoms with E-state index in [1.807, 2.05) is 32.9 Å². The maximum atomic E-state index is 12.0. The van der Waals surface area contributed by atoms with Crippen LogP contribution in [0.1, 0.15) is 27.2 Å². The summed E-state index contributed by atoms with van der Waals surface area (Å²) in [4.78, 5) is 25.3. The summed E-state index contributed by atoms with van der Waals surface area (Å²) in [6.07, 6.45) is 0.273. The minimum absolute atomic E-state index is 0.0334. The fourth-order valence-electron chi connectivity index (χ4n) is 1.72. The van der Waals surface area contributed by atoms with Crippen molar-refractivity contribution in [1.82, 2.24) is 10.2 Å². The van der Waals surface area contributed by atoms with Crippen LogP contribution in [0.5, 0.6) is 5.75 Å². The van der Waals surface area contributed by atoms with Crippen molar-refractivity contribution in [2.24, 2.45) is 5.41 Å². The molecule has 0 radical (unpaired) electrons. The summed E-state index contributed by atoms with van der Waals surface area (Å²) >= 11 is 5.87. The van der Waals surface area contributed by atoms with Gasteiger partial charge in [-0.15, -0.1) is 0 Å². The molecule has 1 rings (SSSR count). The quantitative estimate of drug-likeness (QED) is 0.830. The van der Waals surface area contributed by atoms with Gasteiger partial charge in [-0.05, 0) is 18.2 Å². The number of ether oxygens (including phenoxy) is 1. The SMILES string of the molecule is CN(CCOc1cccc(Cl)c1)C(=O)CCNC(=O)C(C)(C)C. The van der Waals surface area contributed by atoms with Gasteiger partial charge >= 0.3 is 0 Å². The molecule has 6 heteroatoms. The smallest absolute Gasteiger partial charge is 0.225 e. The van der Waals surface area contributed by atoms with Gasteiger partial charge in [0.2, 0.25) is 11.8 Å². The van der Waals surface area contributed by atoms with E-state index in [0.29, 0.717) is 30.5 Å². The third kappa shape index (κ3) is 7.37. The van der Waals surface area contributed by atoms with E-state index in [1.165, 1.54) is 0 Å². The molecule has 0 saturated heterocycles. The highest BCUT2D eigenvalue weighted by molar-refractivity contribution is 6.30. The first-order valence-electron chi connectivity index (χ1n) is 7.61. The Morgan fingerprint density at radius 2 is 2.00 bits per heavy atom. The Labute approximate surface area is 142 Å². The third-order valence-electron chi connectivity index (χ3n) is 3.22. The zero-order valence-electron chi connectivity index (χ0n) is 14.2. The fraction of sp³-hybridized carbons (Fsp3) is 0.529. The number of hydrogen-bond acceptors (Lipinski definition) is 3. The van der Waals surface area contributed by atoms with Crippen molar-refractivity contribution < 1.29 is 14.3 Å². The van der Waals surface area contributed by atoms with Crippen LogP contribution in [-0.2, 0) is 9.59 Å². The molecule has 2 amide bonds. The highest BCUT2D eigenvalue weighted by atomic mass is 35.5. The van der Waals surface area contributed by atoms with Crippen LogP contribution < -0.4 is 10.1 Å². The number of benzene rings is 1. The molecule has 0 atom stereocenters. The van der Waals surface area contributed by atoms with Gasteiger partial charge in [0.15, 0.2) is 0 Å². The molecule has 128 valence electrons. The summed E-state index contributed by atoms with van der Waals surface area (Å²) in [5.41, 5.74) is -0.445. The molecule has 0 saturated carbocycles. The van der Waals surface area contributed by atoms with E-state index in [-0.39, 0.29) is 18.2 Å². The van der Waals surface area contributed by atoms with Gasteiger partial charge in [-0.1, -0.05) is 38.4 Å². The molecule has 5 nitrogen and oxygen atoms in total. The van der Waals surface area contributed by atoms with Crippen molar-refractivity contribution in [3.8, 4) is 5.75 Å². The van der Waals surface area contributed by atoms with E-state index < -0.39 is 5.41 Å². The molecule has 1 aromatic rings. The fourth-order valence-corrected chi connectivity index (χ4v) is 1.90. The number of likely N-dealkylation sites (N-methyl/N-ethyl adjacent to an activating group) is 1. The maximum absolute atomic E-state index is 12.0. The Morgan fingerprint density at radius 3 is 2.61 bits per heavy atom. The number of carbonyl (C=O) groups excluding carboxylic acids is 2. The molecule has 23 heavy (non-hydrogen) atoms. The van der Waals surface area contributed by atoms with Crippen LogP contribution >= 0.6 is 11.6 Å². The van der Waals surface area contributed by atoms with Crippen LogP contribution in [0, 0.1) is 5.41 Å². The average molecular weight is 341 g/mol. The monoisotopic (exact) mass is 340 g/mol. The number of amides is 2. The number of nitrogens with one attached hydrogen (secondary N) is 1. The summed E-state index contributed by atoms with van der Waals surface area (Å²) in [6, 6.07) is 7.13. The van der Waals surface area contributed by atoms with Crippen LogP contribution in [0.3, 0.4) is 0 Å². The van der Waals surface area contributed by atoms with Crippen LogP contribution in [0.2, 0.25) is 5.02 Å². The van der Waals surface area contributed by atoms with Crippen molar-refractivity contribution in [3.63, 3.8) is 0 Å². The number of hydrogen-bond donors (Lipinski definition) is 1. The molecule has 0 bridgehead atoms. The van der Waals surface area contributed by atoms with Crippen LogP contribution in [0.25, 0.3) is 0 Å². The normalized spacial score (nSPS) is 11.0. The Hall–Kier alpha value is -1.75. The second kappa shape index (κ2) is 8.77. The summed E-state index contributed by atoms with van der Waals surface area (Å²) < 4.78 is 5.55. The topological polar surface area (TPSA) is 58.6 Å². The number of halogens is 1. The molecule has 0 spiro atoms. The van der Waals surface area contributed by atoms with Gasteiger partial charge in [-0.3, -0.25) is 9.59 Å². The molecule has 1 aromatic carbocycles. The number of carbonyl (C=O) groups is 2. The standard InChI is InChI=1S/C17H25ClN2O3/c1-17(2,3)16(22)19-9-8-15(21)20(4)10-11-23-14-7-5-6-13(18)12-14/h5-7,12H,8-11H2,1-4H3,(H,19,22). The van der Waals surface area contributed by atoms with Crippen molar-refractivity contribution in [2.45, 2.75) is 27.2 Å². The lowest BCUT2D eigenvalue weighted by Crippen LogP contribution is -2.38. The first kappa shape index (κ1) is 19.3. The molecule has 0 aliphatic carbocycles. The summed E-state index contributed by atoms with van der Waals surface area (Å²) in [5.74, 6) is 0.585. The zero-order valence-corrected chi connectivity index (χ0v) is 14.9. The Kier molecular flexibility index (Phi) is 7.36. The van der Waals surface area contributed by atoms with E-state index in [0.717, 1.165) is 0 Å². The molecule has 0 fully saturated rings. The summed E-state index contributed by atoms with van der Waals surface area (Å²) in [7, 11) is 1.72. The van der Waals surface area contributed by atoms with Gasteiger partial charge in [-0.25, -0.2) is 0 Å². The van der Waals surface area contributed by atoms with Crippen molar-refractivity contribution >= 4 is 23.4 Å². The first-order valence-corrected chi connectivity index (χ1v) is 7.98. The summed E-state index contributed by atoms with van der Waals surface area (Å²) in [6.45, 7) is 6.71. The Balaban J connectivity index is 2.25. The van der Waals surface area contributed by atoms with E-state index in [2.05, 4.69) is 5.32 Å². The van der Waals surface area contributed by atoms with Crippen molar-refractivity contribution in [3.05, 3.63) is 29.3 Å². The molecule has 0 aromatic heterocycles. The largest absolute Gasteiger partial charge is 0.492 e. The van der Waals surface area contributed by atoms with Crippen molar-refractivity contribution in [1.29, 1.82) is 0 Å². The Morgan fingerprint density at radius 1 is 1.30 bits per heavy atom. The molecule has 0 aliphatic rings. The lowest BCUT2D eigenvalue weighted by molar-refractivity contribution is -0.131. The Bertz CT molecular complexity index is 541. The van der Waals surface area contributed by atoms with Gasteiger partial charge < -0.3 is 15.0 Å². The van der Waals surface area contributed by atoms with Crippen molar-refractivity contribution in [2.75, 3.05) is 26.7 Å². The number of rotatable bonds is 7. The third-order valence-corrected chi connectivity index (χ3v) is 3.46. The average Bonchev–Trinajstić information content (AvgIpc) is 2.46. The van der Waals surface area contributed by atoms with Gasteiger partial charge in [0.25, 0.3) is 0 Å². The molecule has 0 aliphatic heterocycles. The zero-order chi connectivity index (χ0) is 17.5. The highest BCUT2D eigenvalue weighted by Gasteiger charge is 2.20. The van der Waals surface area contributed by atoms with Crippen LogP contribution in [0.4, 0.5) is 0 Å². The van der Waals surface area contributed by atoms with E-state index in [9.17, 15) is 9.59 Å². The maximum Gasteiger partial charge on any atom is 0.225 e. The lowest BCUT2D eigenvalue weighted by Gasteiger charge is -2.20. The molecule has 0 unspecified atom stereocenters. The van der Waals surface area contributed by atoms with Crippen LogP contribution in [0.15, 0.2) is 24.3 Å². The lowest BCUT2D eigenvalue weighted by atomic mass is 9.96.